The Labute approximate surface area is 144 Å². The fourth-order valence-electron chi connectivity index (χ4n) is 2.88. The maximum atomic E-state index is 12.5. The minimum Gasteiger partial charge on any atom is -0.481 e. The van der Waals surface area contributed by atoms with Gasteiger partial charge in [0.2, 0.25) is 5.91 Å². The summed E-state index contributed by atoms with van der Waals surface area (Å²) in [6.45, 7) is 4.20. The monoisotopic (exact) mass is 344 g/mol. The number of carboxylic acid groups (broad SMARTS) is 1. The van der Waals surface area contributed by atoms with Gasteiger partial charge in [-0.2, -0.15) is 0 Å². The number of carbonyl (C=O) groups excluding carboxylic acids is 1. The van der Waals surface area contributed by atoms with Crippen molar-refractivity contribution in [1.82, 2.24) is 4.98 Å². The van der Waals surface area contributed by atoms with Gasteiger partial charge in [0.25, 0.3) is 0 Å². The van der Waals surface area contributed by atoms with Crippen molar-refractivity contribution in [3.05, 3.63) is 35.4 Å². The van der Waals surface area contributed by atoms with Crippen molar-refractivity contribution in [2.75, 3.05) is 5.32 Å². The molecule has 0 unspecified atom stereocenters. The lowest BCUT2D eigenvalue weighted by atomic mass is 9.82. The number of thiazole rings is 1. The first kappa shape index (κ1) is 16.6. The van der Waals surface area contributed by atoms with Crippen LogP contribution in [0, 0.1) is 11.8 Å². The van der Waals surface area contributed by atoms with Crippen LogP contribution in [-0.4, -0.2) is 22.0 Å². The second kappa shape index (κ2) is 6.73. The Hall–Kier alpha value is -2.21. The van der Waals surface area contributed by atoms with E-state index in [1.807, 2.05) is 30.4 Å². The zero-order chi connectivity index (χ0) is 17.3. The van der Waals surface area contributed by atoms with E-state index < -0.39 is 17.8 Å². The number of aromatic nitrogens is 1. The zero-order valence-corrected chi connectivity index (χ0v) is 14.5. The number of nitrogens with zero attached hydrogens (tertiary/aromatic N) is 1. The fourth-order valence-corrected chi connectivity index (χ4v) is 3.89. The summed E-state index contributed by atoms with van der Waals surface area (Å²) in [6, 6.07) is 5.62. The standard InChI is InChI=1S/C18H20N2O3S/c1-10(2)17-20-14-8-7-11(9-15(14)24-17)19-16(21)12-5-3-4-6-13(12)18(22)23/h3-4,7-10,12-13H,5-6H2,1-2H3,(H,19,21)(H,22,23)/t12-,13-/m1/s1. The maximum absolute atomic E-state index is 12.5. The highest BCUT2D eigenvalue weighted by atomic mass is 32.1. The van der Waals surface area contributed by atoms with Crippen LogP contribution >= 0.6 is 11.3 Å². The average molecular weight is 344 g/mol. The Kier molecular flexibility index (Phi) is 4.66. The number of anilines is 1. The van der Waals surface area contributed by atoms with Gasteiger partial charge in [-0.25, -0.2) is 4.98 Å². The molecule has 0 saturated carbocycles. The maximum Gasteiger partial charge on any atom is 0.307 e. The summed E-state index contributed by atoms with van der Waals surface area (Å²) in [7, 11) is 0. The highest BCUT2D eigenvalue weighted by Crippen LogP contribution is 2.31. The van der Waals surface area contributed by atoms with E-state index in [1.165, 1.54) is 0 Å². The second-order valence-corrected chi connectivity index (χ2v) is 7.43. The van der Waals surface area contributed by atoms with Crippen molar-refractivity contribution in [3.63, 3.8) is 0 Å². The van der Waals surface area contributed by atoms with E-state index in [4.69, 9.17) is 0 Å². The third kappa shape index (κ3) is 3.33. The van der Waals surface area contributed by atoms with Gasteiger partial charge in [0.1, 0.15) is 0 Å². The number of nitrogens with one attached hydrogen (secondary N) is 1. The van der Waals surface area contributed by atoms with Crippen molar-refractivity contribution in [1.29, 1.82) is 0 Å². The first-order chi connectivity index (χ1) is 11.5. The number of aliphatic carboxylic acids is 1. The first-order valence-electron chi connectivity index (χ1n) is 8.05. The molecule has 5 nitrogen and oxygen atoms in total. The largest absolute Gasteiger partial charge is 0.481 e. The van der Waals surface area contributed by atoms with Crippen LogP contribution in [0.5, 0.6) is 0 Å². The van der Waals surface area contributed by atoms with E-state index in [9.17, 15) is 14.7 Å². The number of carbonyl (C=O) groups is 2. The summed E-state index contributed by atoms with van der Waals surface area (Å²) in [5.74, 6) is -1.98. The van der Waals surface area contributed by atoms with Crippen molar-refractivity contribution in [3.8, 4) is 0 Å². The molecule has 6 heteroatoms. The Bertz CT molecular complexity index is 810. The molecular formula is C18H20N2O3S. The van der Waals surface area contributed by atoms with Crippen LogP contribution in [0.2, 0.25) is 0 Å². The van der Waals surface area contributed by atoms with Crippen LogP contribution in [0.3, 0.4) is 0 Å². The molecule has 0 aliphatic heterocycles. The molecule has 1 aromatic heterocycles. The zero-order valence-electron chi connectivity index (χ0n) is 13.7. The van der Waals surface area contributed by atoms with Crippen LogP contribution < -0.4 is 5.32 Å². The molecule has 24 heavy (non-hydrogen) atoms. The molecular weight excluding hydrogens is 324 g/mol. The van der Waals surface area contributed by atoms with Gasteiger partial charge in [0.15, 0.2) is 0 Å². The number of hydrogen-bond acceptors (Lipinski definition) is 4. The highest BCUT2D eigenvalue weighted by Gasteiger charge is 2.33. The van der Waals surface area contributed by atoms with E-state index in [0.29, 0.717) is 24.4 Å². The topological polar surface area (TPSA) is 79.3 Å². The highest BCUT2D eigenvalue weighted by molar-refractivity contribution is 7.18. The van der Waals surface area contributed by atoms with Crippen molar-refractivity contribution < 1.29 is 14.7 Å². The quantitative estimate of drug-likeness (QED) is 0.821. The molecule has 1 aromatic carbocycles. The fraction of sp³-hybridized carbons (Fsp3) is 0.389. The van der Waals surface area contributed by atoms with E-state index >= 15 is 0 Å². The Balaban J connectivity index is 1.79. The molecule has 2 atom stereocenters. The van der Waals surface area contributed by atoms with E-state index in [1.54, 1.807) is 11.3 Å². The average Bonchev–Trinajstić information content (AvgIpc) is 2.98. The van der Waals surface area contributed by atoms with Gasteiger partial charge >= 0.3 is 5.97 Å². The number of benzene rings is 1. The normalized spacial score (nSPS) is 20.5. The molecule has 0 bridgehead atoms. The number of rotatable bonds is 4. The molecule has 2 aromatic rings. The minimum absolute atomic E-state index is 0.236. The summed E-state index contributed by atoms with van der Waals surface area (Å²) < 4.78 is 1.02. The van der Waals surface area contributed by atoms with Gasteiger partial charge in [-0.1, -0.05) is 26.0 Å². The third-order valence-corrected chi connectivity index (χ3v) is 5.57. The van der Waals surface area contributed by atoms with E-state index in [-0.39, 0.29) is 5.91 Å². The number of amides is 1. The molecule has 0 saturated heterocycles. The number of fused-ring (bicyclic) bond motifs is 1. The summed E-state index contributed by atoms with van der Waals surface area (Å²) in [6.07, 6.45) is 4.58. The lowest BCUT2D eigenvalue weighted by Crippen LogP contribution is -2.34. The smallest absolute Gasteiger partial charge is 0.307 e. The van der Waals surface area contributed by atoms with Gasteiger partial charge in [-0.05, 0) is 31.0 Å². The SMILES string of the molecule is CC(C)c1nc2ccc(NC(=O)[C@@H]3CC=CC[C@H]3C(=O)O)cc2s1. The Morgan fingerprint density at radius 3 is 2.62 bits per heavy atom. The molecule has 0 spiro atoms. The van der Waals surface area contributed by atoms with Crippen LogP contribution in [0.25, 0.3) is 10.2 Å². The molecule has 1 heterocycles. The molecule has 0 fully saturated rings. The van der Waals surface area contributed by atoms with Crippen molar-refractivity contribution in [2.24, 2.45) is 11.8 Å². The number of carboxylic acids is 1. The lowest BCUT2D eigenvalue weighted by Gasteiger charge is -2.24. The van der Waals surface area contributed by atoms with Crippen LogP contribution in [0.4, 0.5) is 5.69 Å². The summed E-state index contributed by atoms with van der Waals surface area (Å²) in [5.41, 5.74) is 1.61. The van der Waals surface area contributed by atoms with Gasteiger partial charge in [0, 0.05) is 11.6 Å². The van der Waals surface area contributed by atoms with Crippen molar-refractivity contribution in [2.45, 2.75) is 32.6 Å². The second-order valence-electron chi connectivity index (χ2n) is 6.37. The predicted molar refractivity (Wildman–Crippen MR) is 95.3 cm³/mol. The minimum atomic E-state index is -0.918. The van der Waals surface area contributed by atoms with Crippen LogP contribution in [0.1, 0.15) is 37.6 Å². The predicted octanol–water partition coefficient (Wildman–Crippen LogP) is 4.03. The van der Waals surface area contributed by atoms with Gasteiger partial charge in [-0.15, -0.1) is 11.3 Å². The first-order valence-corrected chi connectivity index (χ1v) is 8.86. The summed E-state index contributed by atoms with van der Waals surface area (Å²) in [5, 5.41) is 13.2. The summed E-state index contributed by atoms with van der Waals surface area (Å²) in [4.78, 5) is 28.4. The van der Waals surface area contributed by atoms with Gasteiger partial charge in [-0.3, -0.25) is 9.59 Å². The third-order valence-electron chi connectivity index (χ3n) is 4.25. The number of hydrogen-bond donors (Lipinski definition) is 2. The Morgan fingerprint density at radius 2 is 1.96 bits per heavy atom. The van der Waals surface area contributed by atoms with Gasteiger partial charge in [0.05, 0.1) is 27.1 Å². The number of allylic oxidation sites excluding steroid dienone is 2. The summed E-state index contributed by atoms with van der Waals surface area (Å²) >= 11 is 1.62. The molecule has 1 aliphatic rings. The molecule has 1 aliphatic carbocycles. The Morgan fingerprint density at radius 1 is 1.25 bits per heavy atom. The van der Waals surface area contributed by atoms with Crippen molar-refractivity contribution >= 4 is 39.1 Å². The molecule has 1 amide bonds. The van der Waals surface area contributed by atoms with E-state index in [2.05, 4.69) is 24.1 Å². The molecule has 0 radical (unpaired) electrons. The van der Waals surface area contributed by atoms with Crippen LogP contribution in [-0.2, 0) is 9.59 Å². The van der Waals surface area contributed by atoms with E-state index in [0.717, 1.165) is 15.2 Å². The molecule has 2 N–H and O–H groups in total. The molecule has 3 rings (SSSR count). The molecule has 126 valence electrons. The van der Waals surface area contributed by atoms with Gasteiger partial charge < -0.3 is 10.4 Å². The lowest BCUT2D eigenvalue weighted by molar-refractivity contribution is -0.146. The van der Waals surface area contributed by atoms with Crippen LogP contribution in [0.15, 0.2) is 30.4 Å².